The van der Waals surface area contributed by atoms with Crippen molar-refractivity contribution in [2.75, 3.05) is 7.11 Å². The number of hydrogen-bond donors (Lipinski definition) is 2. The quantitative estimate of drug-likeness (QED) is 0.506. The number of carbonyl (C=O) groups is 1. The molecule has 1 aromatic rings. The maximum absolute atomic E-state index is 10.9. The van der Waals surface area contributed by atoms with Gasteiger partial charge in [-0.3, -0.25) is 0 Å². The van der Waals surface area contributed by atoms with Crippen molar-refractivity contribution in [3.05, 3.63) is 12.1 Å². The summed E-state index contributed by atoms with van der Waals surface area (Å²) in [7, 11) is 1.26. The summed E-state index contributed by atoms with van der Waals surface area (Å²) in [6, 6.07) is 2.33. The molecule has 1 rings (SSSR count). The molecule has 0 unspecified atom stereocenters. The molecule has 0 saturated heterocycles. The van der Waals surface area contributed by atoms with Crippen LogP contribution in [0.1, 0.15) is 0 Å². The molecule has 14 heavy (non-hydrogen) atoms. The molecular formula is C7H8N2O5. The highest BCUT2D eigenvalue weighted by molar-refractivity contribution is 6.23. The van der Waals surface area contributed by atoms with Gasteiger partial charge in [-0.2, -0.15) is 0 Å². The van der Waals surface area contributed by atoms with Crippen molar-refractivity contribution in [3.63, 3.8) is 0 Å². The average molecular weight is 200 g/mol. The molecule has 2 N–H and O–H groups in total. The van der Waals surface area contributed by atoms with Crippen LogP contribution >= 0.6 is 0 Å². The summed E-state index contributed by atoms with van der Waals surface area (Å²) < 4.78 is 0.546. The van der Waals surface area contributed by atoms with Crippen LogP contribution in [-0.2, 0) is 9.63 Å². The van der Waals surface area contributed by atoms with Crippen LogP contribution in [0.4, 0.5) is 0 Å². The van der Waals surface area contributed by atoms with Gasteiger partial charge in [0.2, 0.25) is 11.8 Å². The fourth-order valence-electron chi connectivity index (χ4n) is 0.705. The Bertz CT molecular complexity index is 337. The Balaban J connectivity index is 2.69. The van der Waals surface area contributed by atoms with E-state index in [4.69, 9.17) is 10.2 Å². The van der Waals surface area contributed by atoms with Crippen LogP contribution in [0.5, 0.6) is 11.8 Å². The molecular weight excluding hydrogens is 192 g/mol. The lowest BCUT2D eigenvalue weighted by Crippen LogP contribution is -2.19. The van der Waals surface area contributed by atoms with Gasteiger partial charge in [0.15, 0.2) is 6.21 Å². The lowest BCUT2D eigenvalue weighted by Gasteiger charge is -2.03. The molecule has 0 radical (unpaired) electrons. The van der Waals surface area contributed by atoms with E-state index >= 15 is 0 Å². The van der Waals surface area contributed by atoms with E-state index < -0.39 is 17.7 Å². The normalized spacial score (nSPS) is 10.4. The van der Waals surface area contributed by atoms with Gasteiger partial charge < -0.3 is 19.9 Å². The van der Waals surface area contributed by atoms with E-state index in [1.165, 1.54) is 7.11 Å². The molecule has 0 spiro atoms. The molecule has 0 amide bonds. The van der Waals surface area contributed by atoms with E-state index in [9.17, 15) is 4.79 Å². The summed E-state index contributed by atoms with van der Waals surface area (Å²) in [4.78, 5) is 19.6. The number of hydrogen-bond acceptors (Lipinski definition) is 6. The van der Waals surface area contributed by atoms with Crippen LogP contribution in [0.15, 0.2) is 17.3 Å². The Kier molecular flexibility index (Phi) is 2.95. The van der Waals surface area contributed by atoms with Crippen LogP contribution < -0.4 is 4.84 Å². The summed E-state index contributed by atoms with van der Waals surface area (Å²) in [5, 5.41) is 21.2. The highest BCUT2D eigenvalue weighted by atomic mass is 16.7. The summed E-state index contributed by atoms with van der Waals surface area (Å²) >= 11 is 0. The Hall–Kier alpha value is -2.18. The highest BCUT2D eigenvalue weighted by Gasteiger charge is 2.10. The molecule has 0 fully saturated rings. The van der Waals surface area contributed by atoms with Gasteiger partial charge in [0, 0.05) is 12.1 Å². The van der Waals surface area contributed by atoms with Crippen molar-refractivity contribution in [1.82, 2.24) is 4.73 Å². The first-order valence-electron chi connectivity index (χ1n) is 3.53. The topological polar surface area (TPSA) is 93.3 Å². The maximum Gasteiger partial charge on any atom is 0.378 e. The van der Waals surface area contributed by atoms with E-state index in [1.54, 1.807) is 0 Å². The zero-order chi connectivity index (χ0) is 10.6. The fraction of sp³-hybridized carbons (Fsp3) is 0.143. The van der Waals surface area contributed by atoms with Crippen LogP contribution in [0.2, 0.25) is 0 Å². The van der Waals surface area contributed by atoms with Gasteiger partial charge in [0.05, 0.1) is 0 Å². The third kappa shape index (κ3) is 2.16. The minimum absolute atomic E-state index is 0.401. The first-order valence-corrected chi connectivity index (χ1v) is 3.53. The fourth-order valence-corrected chi connectivity index (χ4v) is 0.705. The molecule has 1 heterocycles. The van der Waals surface area contributed by atoms with Crippen LogP contribution in [-0.4, -0.2) is 34.2 Å². The standard InChI is InChI=1S/C7H8N2O5/c1-13-8-4-7(12)14-9-5(10)2-3-6(9)11/h2-4,10-11H,1H3. The second-order valence-electron chi connectivity index (χ2n) is 2.17. The molecule has 0 aliphatic carbocycles. The molecule has 0 atom stereocenters. The Morgan fingerprint density at radius 2 is 2.07 bits per heavy atom. The number of carbonyl (C=O) groups excluding carboxylic acids is 1. The number of oxime groups is 1. The summed E-state index contributed by atoms with van der Waals surface area (Å²) in [6.45, 7) is 0. The summed E-state index contributed by atoms with van der Waals surface area (Å²) in [6.07, 6.45) is 0.749. The van der Waals surface area contributed by atoms with Crippen LogP contribution in [0.3, 0.4) is 0 Å². The molecule has 0 aromatic carbocycles. The van der Waals surface area contributed by atoms with Crippen molar-refractivity contribution in [1.29, 1.82) is 0 Å². The third-order valence-electron chi connectivity index (χ3n) is 1.24. The van der Waals surface area contributed by atoms with Gasteiger partial charge in [-0.25, -0.2) is 4.79 Å². The van der Waals surface area contributed by atoms with E-state index in [1.807, 2.05) is 0 Å². The molecule has 7 heteroatoms. The zero-order valence-corrected chi connectivity index (χ0v) is 7.25. The van der Waals surface area contributed by atoms with Gasteiger partial charge in [-0.05, 0) is 0 Å². The Labute approximate surface area is 78.7 Å². The molecule has 0 aliphatic rings. The van der Waals surface area contributed by atoms with Gasteiger partial charge in [0.25, 0.3) is 0 Å². The van der Waals surface area contributed by atoms with E-state index in [2.05, 4.69) is 14.8 Å². The summed E-state index contributed by atoms with van der Waals surface area (Å²) in [5.74, 6) is -1.70. The van der Waals surface area contributed by atoms with Gasteiger partial charge in [0.1, 0.15) is 7.11 Å². The van der Waals surface area contributed by atoms with Gasteiger partial charge >= 0.3 is 5.97 Å². The first-order chi connectivity index (χ1) is 6.65. The molecule has 1 aromatic heterocycles. The van der Waals surface area contributed by atoms with Gasteiger partial charge in [-0.15, -0.1) is 4.73 Å². The van der Waals surface area contributed by atoms with Gasteiger partial charge in [-0.1, -0.05) is 5.16 Å². The highest BCUT2D eigenvalue weighted by Crippen LogP contribution is 2.18. The average Bonchev–Trinajstić information content (AvgIpc) is 2.46. The SMILES string of the molecule is CON=CC(=O)On1c(O)ccc1O. The van der Waals surface area contributed by atoms with Crippen molar-refractivity contribution < 1.29 is 24.7 Å². The maximum atomic E-state index is 10.9. The van der Waals surface area contributed by atoms with E-state index in [0.29, 0.717) is 4.73 Å². The second kappa shape index (κ2) is 4.17. The largest absolute Gasteiger partial charge is 0.492 e. The van der Waals surface area contributed by atoms with Crippen LogP contribution in [0.25, 0.3) is 0 Å². The molecule has 7 nitrogen and oxygen atoms in total. The Morgan fingerprint density at radius 3 is 2.57 bits per heavy atom. The number of rotatable bonds is 3. The third-order valence-corrected chi connectivity index (χ3v) is 1.24. The zero-order valence-electron chi connectivity index (χ0n) is 7.25. The minimum Gasteiger partial charge on any atom is -0.492 e. The number of aromatic hydroxyl groups is 2. The number of aromatic nitrogens is 1. The molecule has 0 saturated carbocycles. The summed E-state index contributed by atoms with van der Waals surface area (Å²) in [5.41, 5.74) is 0. The first kappa shape index (κ1) is 9.90. The number of nitrogens with zero attached hydrogens (tertiary/aromatic N) is 2. The molecule has 76 valence electrons. The molecule has 0 aliphatic heterocycles. The lowest BCUT2D eigenvalue weighted by molar-refractivity contribution is -0.136. The monoisotopic (exact) mass is 200 g/mol. The smallest absolute Gasteiger partial charge is 0.378 e. The molecule has 0 bridgehead atoms. The van der Waals surface area contributed by atoms with Crippen molar-refractivity contribution in [2.24, 2.45) is 5.16 Å². The van der Waals surface area contributed by atoms with Crippen molar-refractivity contribution >= 4 is 12.2 Å². The predicted molar refractivity (Wildman–Crippen MR) is 44.8 cm³/mol. The van der Waals surface area contributed by atoms with Crippen molar-refractivity contribution in [2.45, 2.75) is 0 Å². The lowest BCUT2D eigenvalue weighted by atomic mass is 10.6. The van der Waals surface area contributed by atoms with E-state index in [-0.39, 0.29) is 0 Å². The second-order valence-corrected chi connectivity index (χ2v) is 2.17. The Morgan fingerprint density at radius 1 is 1.50 bits per heavy atom. The van der Waals surface area contributed by atoms with E-state index in [0.717, 1.165) is 18.3 Å². The van der Waals surface area contributed by atoms with Crippen LogP contribution in [0, 0.1) is 0 Å². The van der Waals surface area contributed by atoms with Crippen molar-refractivity contribution in [3.8, 4) is 11.8 Å². The minimum atomic E-state index is -0.895. The predicted octanol–water partition coefficient (Wildman–Crippen LogP) is -0.513.